The Bertz CT molecular complexity index is 279. The maximum absolute atomic E-state index is 11.6. The number of aliphatic carboxylic acids is 1. The van der Waals surface area contributed by atoms with Crippen molar-refractivity contribution in [2.75, 3.05) is 13.1 Å². The molecule has 78 valence electrons. The maximum Gasteiger partial charge on any atom is 0.336 e. The Morgan fingerprint density at radius 3 is 2.93 bits per heavy atom. The smallest absolute Gasteiger partial charge is 0.336 e. The molecule has 0 saturated carbocycles. The van der Waals surface area contributed by atoms with E-state index in [4.69, 9.17) is 14.6 Å². The number of hydrogen-bond donors (Lipinski definition) is 1. The average molecular weight is 201 g/mol. The van der Waals surface area contributed by atoms with E-state index < -0.39 is 24.5 Å². The number of ether oxygens (including phenoxy) is 2. The van der Waals surface area contributed by atoms with Gasteiger partial charge in [0.05, 0.1) is 6.54 Å². The van der Waals surface area contributed by atoms with Crippen LogP contribution in [0.4, 0.5) is 0 Å². The molecule has 3 atom stereocenters. The molecule has 6 heteroatoms. The Morgan fingerprint density at radius 2 is 2.36 bits per heavy atom. The fourth-order valence-corrected chi connectivity index (χ4v) is 1.70. The van der Waals surface area contributed by atoms with Crippen LogP contribution >= 0.6 is 0 Å². The Morgan fingerprint density at radius 1 is 1.64 bits per heavy atom. The average Bonchev–Trinajstić information content (AvgIpc) is 2.51. The predicted octanol–water partition coefficient (Wildman–Crippen LogP) is -0.957. The third kappa shape index (κ3) is 1.27. The first-order valence-electron chi connectivity index (χ1n) is 4.46. The monoisotopic (exact) mass is 201 g/mol. The lowest BCUT2D eigenvalue weighted by Crippen LogP contribution is -2.50. The van der Waals surface area contributed by atoms with Crippen molar-refractivity contribution in [3.05, 3.63) is 0 Å². The van der Waals surface area contributed by atoms with Gasteiger partial charge in [0.15, 0.2) is 18.5 Å². The first-order valence-corrected chi connectivity index (χ1v) is 4.46. The molecule has 0 radical (unpaired) electrons. The van der Waals surface area contributed by atoms with Crippen LogP contribution in [0.2, 0.25) is 0 Å². The summed E-state index contributed by atoms with van der Waals surface area (Å²) >= 11 is 0. The summed E-state index contributed by atoms with van der Waals surface area (Å²) in [6, 6.07) is 0. The van der Waals surface area contributed by atoms with Crippen molar-refractivity contribution in [2.45, 2.75) is 25.4 Å². The van der Waals surface area contributed by atoms with E-state index in [1.807, 2.05) is 6.92 Å². The molecule has 1 N–H and O–H groups in total. The second-order valence-corrected chi connectivity index (χ2v) is 3.26. The van der Waals surface area contributed by atoms with E-state index in [0.717, 1.165) is 0 Å². The molecule has 2 heterocycles. The normalized spacial score (nSPS) is 36.2. The van der Waals surface area contributed by atoms with E-state index in [9.17, 15) is 9.59 Å². The highest BCUT2D eigenvalue weighted by molar-refractivity contribution is 5.89. The highest BCUT2D eigenvalue weighted by Crippen LogP contribution is 2.26. The van der Waals surface area contributed by atoms with Crippen LogP contribution in [0.1, 0.15) is 6.92 Å². The molecule has 2 aliphatic rings. The van der Waals surface area contributed by atoms with Crippen molar-refractivity contribution in [3.8, 4) is 0 Å². The third-order valence-electron chi connectivity index (χ3n) is 2.42. The van der Waals surface area contributed by atoms with Gasteiger partial charge in [0.2, 0.25) is 0 Å². The van der Waals surface area contributed by atoms with Crippen LogP contribution in [0.25, 0.3) is 0 Å². The largest absolute Gasteiger partial charge is 0.479 e. The fourth-order valence-electron chi connectivity index (χ4n) is 1.70. The van der Waals surface area contributed by atoms with Crippen molar-refractivity contribution in [2.24, 2.45) is 0 Å². The standard InChI is InChI=1S/C8H11NO5/c1-2-9-3-4-13-5(7(9)10)6(14-4)8(11)12/h4-6H,2-3H2,1H3,(H,11,12)/t4-,5+,6+/m0/s1. The van der Waals surface area contributed by atoms with Gasteiger partial charge in [0, 0.05) is 6.54 Å². The molecular formula is C8H11NO5. The van der Waals surface area contributed by atoms with Crippen molar-refractivity contribution in [1.29, 1.82) is 0 Å². The zero-order valence-electron chi connectivity index (χ0n) is 7.67. The topological polar surface area (TPSA) is 76.1 Å². The molecule has 1 amide bonds. The van der Waals surface area contributed by atoms with Gasteiger partial charge in [-0.25, -0.2) is 4.79 Å². The first-order chi connectivity index (χ1) is 6.63. The number of carboxylic acids is 1. The lowest BCUT2D eigenvalue weighted by molar-refractivity contribution is -0.161. The van der Waals surface area contributed by atoms with E-state index in [2.05, 4.69) is 0 Å². The molecule has 2 rings (SSSR count). The molecule has 0 aromatic heterocycles. The molecule has 6 nitrogen and oxygen atoms in total. The number of likely N-dealkylation sites (N-methyl/N-ethyl adjacent to an activating group) is 1. The number of carboxylic acid groups (broad SMARTS) is 1. The van der Waals surface area contributed by atoms with Crippen LogP contribution in [-0.4, -0.2) is 53.5 Å². The third-order valence-corrected chi connectivity index (χ3v) is 2.42. The van der Waals surface area contributed by atoms with Gasteiger partial charge in [-0.1, -0.05) is 0 Å². The number of rotatable bonds is 2. The summed E-state index contributed by atoms with van der Waals surface area (Å²) in [5.41, 5.74) is 0. The Hall–Kier alpha value is -1.14. The summed E-state index contributed by atoms with van der Waals surface area (Å²) in [5.74, 6) is -1.45. The molecule has 0 aliphatic carbocycles. The zero-order chi connectivity index (χ0) is 10.3. The van der Waals surface area contributed by atoms with E-state index in [0.29, 0.717) is 13.1 Å². The number of hydrogen-bond acceptors (Lipinski definition) is 4. The fraction of sp³-hybridized carbons (Fsp3) is 0.750. The van der Waals surface area contributed by atoms with Crippen molar-refractivity contribution < 1.29 is 24.2 Å². The summed E-state index contributed by atoms with van der Waals surface area (Å²) in [7, 11) is 0. The van der Waals surface area contributed by atoms with E-state index in [-0.39, 0.29) is 5.91 Å². The lowest BCUT2D eigenvalue weighted by Gasteiger charge is -2.29. The van der Waals surface area contributed by atoms with Crippen LogP contribution < -0.4 is 0 Å². The van der Waals surface area contributed by atoms with E-state index in [1.165, 1.54) is 0 Å². The van der Waals surface area contributed by atoms with E-state index >= 15 is 0 Å². The molecule has 0 aromatic carbocycles. The number of morpholine rings is 1. The summed E-state index contributed by atoms with van der Waals surface area (Å²) in [6.07, 6.45) is -2.70. The minimum Gasteiger partial charge on any atom is -0.479 e. The first kappa shape index (κ1) is 9.42. The summed E-state index contributed by atoms with van der Waals surface area (Å²) < 4.78 is 10.2. The Labute approximate surface area is 80.4 Å². The minimum atomic E-state index is -1.15. The van der Waals surface area contributed by atoms with Crippen LogP contribution in [0.15, 0.2) is 0 Å². The highest BCUT2D eigenvalue weighted by atomic mass is 16.7. The second kappa shape index (κ2) is 3.21. The van der Waals surface area contributed by atoms with Gasteiger partial charge in [0.25, 0.3) is 5.91 Å². The maximum atomic E-state index is 11.6. The molecule has 2 aliphatic heterocycles. The number of carbonyl (C=O) groups is 2. The Kier molecular flexibility index (Phi) is 2.16. The van der Waals surface area contributed by atoms with Gasteiger partial charge in [-0.2, -0.15) is 0 Å². The molecular weight excluding hydrogens is 190 g/mol. The van der Waals surface area contributed by atoms with Crippen LogP contribution in [0, 0.1) is 0 Å². The summed E-state index contributed by atoms with van der Waals surface area (Å²) in [4.78, 5) is 23.8. The van der Waals surface area contributed by atoms with Crippen molar-refractivity contribution in [3.63, 3.8) is 0 Å². The number of fused-ring (bicyclic) bond motifs is 2. The molecule has 2 fully saturated rings. The molecule has 0 unspecified atom stereocenters. The van der Waals surface area contributed by atoms with Gasteiger partial charge in [0.1, 0.15) is 0 Å². The lowest BCUT2D eigenvalue weighted by atomic mass is 10.2. The number of carbonyl (C=O) groups excluding carboxylic acids is 1. The quantitative estimate of drug-likeness (QED) is 0.623. The van der Waals surface area contributed by atoms with Crippen LogP contribution in [0.3, 0.4) is 0 Å². The van der Waals surface area contributed by atoms with Crippen molar-refractivity contribution in [1.82, 2.24) is 4.90 Å². The van der Waals surface area contributed by atoms with Crippen molar-refractivity contribution >= 4 is 11.9 Å². The number of amides is 1. The summed E-state index contributed by atoms with van der Waals surface area (Å²) in [6.45, 7) is 2.69. The second-order valence-electron chi connectivity index (χ2n) is 3.26. The van der Waals surface area contributed by atoms with Gasteiger partial charge in [-0.15, -0.1) is 0 Å². The summed E-state index contributed by atoms with van der Waals surface area (Å²) in [5, 5.41) is 8.76. The van der Waals surface area contributed by atoms with Gasteiger partial charge >= 0.3 is 5.97 Å². The molecule has 0 aromatic rings. The highest BCUT2D eigenvalue weighted by Gasteiger charge is 2.50. The molecule has 14 heavy (non-hydrogen) atoms. The van der Waals surface area contributed by atoms with Gasteiger partial charge < -0.3 is 19.5 Å². The molecule has 2 bridgehead atoms. The van der Waals surface area contributed by atoms with Crippen LogP contribution in [-0.2, 0) is 19.1 Å². The molecule has 0 spiro atoms. The Balaban J connectivity index is 2.18. The number of nitrogens with zero attached hydrogens (tertiary/aromatic N) is 1. The molecule has 2 saturated heterocycles. The zero-order valence-corrected chi connectivity index (χ0v) is 7.67. The minimum absolute atomic E-state index is 0.298. The predicted molar refractivity (Wildman–Crippen MR) is 43.4 cm³/mol. The van der Waals surface area contributed by atoms with Crippen LogP contribution in [0.5, 0.6) is 0 Å². The van der Waals surface area contributed by atoms with Gasteiger partial charge in [-0.05, 0) is 6.92 Å². The SMILES string of the molecule is CCN1C[C@@H]2O[C@@H](C(=O)O)[C@@H](O2)C1=O. The van der Waals surface area contributed by atoms with E-state index in [1.54, 1.807) is 4.90 Å². The van der Waals surface area contributed by atoms with Gasteiger partial charge in [-0.3, -0.25) is 4.79 Å².